The first-order valence-electron chi connectivity index (χ1n) is 8.27. The van der Waals surface area contributed by atoms with E-state index in [-0.39, 0.29) is 16.8 Å². The predicted molar refractivity (Wildman–Crippen MR) is 99.9 cm³/mol. The molecule has 0 aliphatic carbocycles. The van der Waals surface area contributed by atoms with Crippen LogP contribution in [0.15, 0.2) is 55.6 Å². The van der Waals surface area contributed by atoms with Gasteiger partial charge in [-0.05, 0) is 18.2 Å². The fraction of sp³-hybridized carbons (Fsp3) is 0.0556. The van der Waals surface area contributed by atoms with Crippen molar-refractivity contribution in [2.24, 2.45) is 0 Å². The van der Waals surface area contributed by atoms with Crippen molar-refractivity contribution in [3.63, 3.8) is 0 Å². The van der Waals surface area contributed by atoms with Crippen molar-refractivity contribution >= 4 is 23.2 Å². The Bertz CT molecular complexity index is 1190. The highest BCUT2D eigenvalue weighted by Crippen LogP contribution is 2.30. The first-order chi connectivity index (χ1) is 14.3. The number of anilines is 2. The van der Waals surface area contributed by atoms with Gasteiger partial charge in [-0.1, -0.05) is 11.6 Å². The molecule has 0 aliphatic heterocycles. The third-order valence-corrected chi connectivity index (χ3v) is 4.22. The Hall–Kier alpha value is -3.60. The smallest absolute Gasteiger partial charge is 0.324 e. The number of alkyl halides is 3. The maximum Gasteiger partial charge on any atom is 0.434 e. The standard InChI is InChI=1S/C18H10ClF4N7/c19-13-3-11(1-2-14(13)20)28-17-26-6-12(10-4-24-8-25-5-10)16(29-17)30-7-15(27-9-30)18(21,22)23/h1-9H,(H,26,28,29). The van der Waals surface area contributed by atoms with Gasteiger partial charge in [-0.3, -0.25) is 4.57 Å². The zero-order chi connectivity index (χ0) is 21.3. The Kier molecular flexibility index (Phi) is 5.04. The fourth-order valence-electron chi connectivity index (χ4n) is 2.56. The number of halogens is 5. The Morgan fingerprint density at radius 1 is 1.03 bits per heavy atom. The predicted octanol–water partition coefficient (Wildman–Crippen LogP) is 4.67. The summed E-state index contributed by atoms with van der Waals surface area (Å²) in [6.07, 6.45) is 2.87. The number of benzene rings is 1. The second-order valence-corrected chi connectivity index (χ2v) is 6.38. The van der Waals surface area contributed by atoms with Crippen LogP contribution in [-0.4, -0.2) is 29.5 Å². The van der Waals surface area contributed by atoms with Crippen molar-refractivity contribution < 1.29 is 17.6 Å². The number of imidazole rings is 1. The molecule has 152 valence electrons. The zero-order valence-corrected chi connectivity index (χ0v) is 15.5. The molecule has 30 heavy (non-hydrogen) atoms. The number of hydrogen-bond acceptors (Lipinski definition) is 6. The van der Waals surface area contributed by atoms with Crippen molar-refractivity contribution in [2.45, 2.75) is 6.18 Å². The first kappa shape index (κ1) is 19.7. The molecule has 0 spiro atoms. The highest BCUT2D eigenvalue weighted by Gasteiger charge is 2.34. The van der Waals surface area contributed by atoms with E-state index >= 15 is 0 Å². The Morgan fingerprint density at radius 3 is 2.47 bits per heavy atom. The van der Waals surface area contributed by atoms with Crippen molar-refractivity contribution in [2.75, 3.05) is 5.32 Å². The second kappa shape index (κ2) is 7.67. The van der Waals surface area contributed by atoms with Gasteiger partial charge in [-0.15, -0.1) is 0 Å². The first-order valence-corrected chi connectivity index (χ1v) is 8.65. The van der Waals surface area contributed by atoms with Gasteiger partial charge >= 0.3 is 6.18 Å². The molecule has 4 aromatic rings. The normalized spacial score (nSPS) is 11.5. The monoisotopic (exact) mass is 435 g/mol. The summed E-state index contributed by atoms with van der Waals surface area (Å²) in [4.78, 5) is 19.7. The summed E-state index contributed by atoms with van der Waals surface area (Å²) in [5.41, 5.74) is 0.191. The molecule has 0 radical (unpaired) electrons. The van der Waals surface area contributed by atoms with Gasteiger partial charge in [0.2, 0.25) is 5.95 Å². The number of rotatable bonds is 4. The molecule has 0 amide bonds. The SMILES string of the molecule is Fc1ccc(Nc2ncc(-c3cncnc3)c(-n3cnc(C(F)(F)F)c3)n2)cc1Cl. The number of nitrogens with zero attached hydrogens (tertiary/aromatic N) is 6. The van der Waals surface area contributed by atoms with Crippen LogP contribution in [0.5, 0.6) is 0 Å². The molecule has 3 heterocycles. The van der Waals surface area contributed by atoms with Crippen LogP contribution in [0.1, 0.15) is 5.69 Å². The molecule has 3 aromatic heterocycles. The summed E-state index contributed by atoms with van der Waals surface area (Å²) >= 11 is 5.77. The van der Waals surface area contributed by atoms with Gasteiger partial charge in [0.1, 0.15) is 18.5 Å². The van der Waals surface area contributed by atoms with Gasteiger partial charge in [0.25, 0.3) is 0 Å². The zero-order valence-electron chi connectivity index (χ0n) is 14.8. The van der Waals surface area contributed by atoms with Gasteiger partial charge < -0.3 is 5.32 Å². The molecule has 0 saturated heterocycles. The molecule has 0 aliphatic rings. The van der Waals surface area contributed by atoms with Crippen LogP contribution in [0.2, 0.25) is 5.02 Å². The summed E-state index contributed by atoms with van der Waals surface area (Å²) in [5, 5.41) is 2.73. The van der Waals surface area contributed by atoms with Crippen LogP contribution in [0.25, 0.3) is 16.9 Å². The van der Waals surface area contributed by atoms with Crippen LogP contribution in [0.3, 0.4) is 0 Å². The Morgan fingerprint density at radius 2 is 1.80 bits per heavy atom. The lowest BCUT2D eigenvalue weighted by Gasteiger charge is -2.12. The quantitative estimate of drug-likeness (QED) is 0.469. The molecule has 12 heteroatoms. The Balaban J connectivity index is 1.79. The molecule has 1 aromatic carbocycles. The van der Waals surface area contributed by atoms with Crippen LogP contribution >= 0.6 is 11.6 Å². The number of nitrogens with one attached hydrogen (secondary N) is 1. The second-order valence-electron chi connectivity index (χ2n) is 5.98. The average Bonchev–Trinajstić information content (AvgIpc) is 3.22. The lowest BCUT2D eigenvalue weighted by Crippen LogP contribution is -2.06. The summed E-state index contributed by atoms with van der Waals surface area (Å²) in [5.74, 6) is -0.435. The maximum atomic E-state index is 13.4. The lowest BCUT2D eigenvalue weighted by atomic mass is 10.1. The van der Waals surface area contributed by atoms with Gasteiger partial charge in [0, 0.05) is 41.6 Å². The van der Waals surface area contributed by atoms with Crippen molar-refractivity contribution in [3.8, 4) is 16.9 Å². The van der Waals surface area contributed by atoms with Gasteiger partial charge in [-0.2, -0.15) is 18.2 Å². The topological polar surface area (TPSA) is 81.4 Å². The maximum absolute atomic E-state index is 13.4. The van der Waals surface area contributed by atoms with E-state index in [0.717, 1.165) is 23.2 Å². The van der Waals surface area contributed by atoms with Crippen molar-refractivity contribution in [3.05, 3.63) is 72.2 Å². The van der Waals surface area contributed by atoms with Crippen LogP contribution in [0, 0.1) is 5.82 Å². The van der Waals surface area contributed by atoms with E-state index in [4.69, 9.17) is 11.6 Å². The lowest BCUT2D eigenvalue weighted by molar-refractivity contribution is -0.140. The highest BCUT2D eigenvalue weighted by molar-refractivity contribution is 6.31. The summed E-state index contributed by atoms with van der Waals surface area (Å²) in [7, 11) is 0. The van der Waals surface area contributed by atoms with Crippen LogP contribution in [-0.2, 0) is 6.18 Å². The molecule has 0 saturated carbocycles. The molecular formula is C18H10ClF4N7. The number of aromatic nitrogens is 6. The molecule has 4 rings (SSSR count). The minimum Gasteiger partial charge on any atom is -0.324 e. The molecule has 0 bridgehead atoms. The molecule has 0 fully saturated rings. The molecule has 0 unspecified atom stereocenters. The van der Waals surface area contributed by atoms with Crippen molar-refractivity contribution in [1.29, 1.82) is 0 Å². The van der Waals surface area contributed by atoms with E-state index in [1.54, 1.807) is 0 Å². The highest BCUT2D eigenvalue weighted by atomic mass is 35.5. The largest absolute Gasteiger partial charge is 0.434 e. The van der Waals surface area contributed by atoms with E-state index < -0.39 is 17.7 Å². The van der Waals surface area contributed by atoms with E-state index in [1.165, 1.54) is 37.1 Å². The fourth-order valence-corrected chi connectivity index (χ4v) is 2.74. The van der Waals surface area contributed by atoms with Gasteiger partial charge in [-0.25, -0.2) is 24.3 Å². The minimum absolute atomic E-state index is 0.0514. The van der Waals surface area contributed by atoms with E-state index in [9.17, 15) is 17.6 Å². The average molecular weight is 436 g/mol. The van der Waals surface area contributed by atoms with Crippen LogP contribution in [0.4, 0.5) is 29.2 Å². The Labute approximate surface area is 171 Å². The molecule has 1 N–H and O–H groups in total. The van der Waals surface area contributed by atoms with Crippen molar-refractivity contribution in [1.82, 2.24) is 29.5 Å². The van der Waals surface area contributed by atoms with Gasteiger partial charge in [0.15, 0.2) is 11.5 Å². The minimum atomic E-state index is -4.61. The van der Waals surface area contributed by atoms with Crippen LogP contribution < -0.4 is 5.32 Å². The molecule has 7 nitrogen and oxygen atoms in total. The van der Waals surface area contributed by atoms with Gasteiger partial charge in [0.05, 0.1) is 5.02 Å². The van der Waals surface area contributed by atoms with E-state index in [2.05, 4.69) is 30.2 Å². The number of hydrogen-bond donors (Lipinski definition) is 1. The molecular weight excluding hydrogens is 426 g/mol. The van der Waals surface area contributed by atoms with E-state index in [0.29, 0.717) is 16.8 Å². The third-order valence-electron chi connectivity index (χ3n) is 3.93. The van der Waals surface area contributed by atoms with E-state index in [1.807, 2.05) is 0 Å². The summed E-state index contributed by atoms with van der Waals surface area (Å²) in [6.45, 7) is 0. The molecule has 0 atom stereocenters. The third kappa shape index (κ3) is 4.06. The summed E-state index contributed by atoms with van der Waals surface area (Å²) in [6, 6.07) is 3.91. The summed E-state index contributed by atoms with van der Waals surface area (Å²) < 4.78 is 53.5.